The van der Waals surface area contributed by atoms with Crippen LogP contribution in [-0.4, -0.2) is 35.6 Å². The number of imide groups is 1. The SMILES string of the molecule is Cc1ccccc1NC(=O)COc1c(Cl)cc(C=NN2C(=O)[C@@H]3[C@H](C2=O)[C@H]2C=C[C@H]3C2)cc1Br. The van der Waals surface area contributed by atoms with E-state index in [1.165, 1.54) is 6.21 Å². The van der Waals surface area contributed by atoms with E-state index in [-0.39, 0.29) is 53.0 Å². The van der Waals surface area contributed by atoms with Crippen LogP contribution in [0.4, 0.5) is 5.69 Å². The molecule has 2 aromatic rings. The van der Waals surface area contributed by atoms with Gasteiger partial charge in [0.15, 0.2) is 12.4 Å². The van der Waals surface area contributed by atoms with Crippen molar-refractivity contribution in [2.45, 2.75) is 13.3 Å². The second kappa shape index (κ2) is 9.00. The van der Waals surface area contributed by atoms with Gasteiger partial charge in [0.25, 0.3) is 17.7 Å². The van der Waals surface area contributed by atoms with E-state index in [1.807, 2.05) is 43.3 Å². The summed E-state index contributed by atoms with van der Waals surface area (Å²) >= 11 is 9.79. The van der Waals surface area contributed by atoms with Gasteiger partial charge in [-0.1, -0.05) is 42.0 Å². The fourth-order valence-corrected chi connectivity index (χ4v) is 5.94. The molecule has 1 aliphatic heterocycles. The molecule has 1 heterocycles. The second-order valence-electron chi connectivity index (χ2n) is 8.70. The smallest absolute Gasteiger partial charge is 0.262 e. The van der Waals surface area contributed by atoms with E-state index in [0.29, 0.717) is 21.5 Å². The Kier molecular flexibility index (Phi) is 6.04. The van der Waals surface area contributed by atoms with Gasteiger partial charge in [0.2, 0.25) is 0 Å². The molecule has 0 unspecified atom stereocenters. The summed E-state index contributed by atoms with van der Waals surface area (Å²) in [7, 11) is 0. The lowest BCUT2D eigenvalue weighted by atomic mass is 9.85. The molecule has 0 spiro atoms. The number of para-hydroxylation sites is 1. The Labute approximate surface area is 209 Å². The van der Waals surface area contributed by atoms with Crippen LogP contribution in [0.2, 0.25) is 5.02 Å². The van der Waals surface area contributed by atoms with Crippen LogP contribution in [-0.2, 0) is 14.4 Å². The van der Waals surface area contributed by atoms with Crippen molar-refractivity contribution in [3.05, 3.63) is 69.2 Å². The Morgan fingerprint density at radius 2 is 1.88 bits per heavy atom. The molecule has 34 heavy (non-hydrogen) atoms. The number of anilines is 1. The molecule has 1 saturated carbocycles. The standard InChI is InChI=1S/C25H21BrClN3O4/c1-13-4-2-3-5-19(13)29-20(31)12-34-23-17(26)8-14(9-18(23)27)11-28-30-24(32)21-15-6-7-16(10-15)22(21)25(30)33/h2-9,11,15-16,21-22H,10,12H2,1H3,(H,29,31)/t15-,16-,21-,22+/m0/s1. The predicted molar refractivity (Wildman–Crippen MR) is 132 cm³/mol. The normalized spacial score (nSPS) is 24.9. The predicted octanol–water partition coefficient (Wildman–Crippen LogP) is 4.57. The molecule has 3 amide bonds. The molecular weight excluding hydrogens is 522 g/mol. The van der Waals surface area contributed by atoms with Crippen molar-refractivity contribution < 1.29 is 19.1 Å². The summed E-state index contributed by atoms with van der Waals surface area (Å²) in [6.45, 7) is 1.68. The van der Waals surface area contributed by atoms with Crippen LogP contribution in [0.5, 0.6) is 5.75 Å². The lowest BCUT2D eigenvalue weighted by Gasteiger charge is -2.13. The molecule has 1 saturated heterocycles. The van der Waals surface area contributed by atoms with Gasteiger partial charge in [0.1, 0.15) is 0 Å². The zero-order valence-electron chi connectivity index (χ0n) is 18.2. The highest BCUT2D eigenvalue weighted by molar-refractivity contribution is 9.10. The van der Waals surface area contributed by atoms with Crippen LogP contribution in [0, 0.1) is 30.6 Å². The Balaban J connectivity index is 1.24. The first-order valence-corrected chi connectivity index (χ1v) is 12.1. The van der Waals surface area contributed by atoms with Crippen LogP contribution in [0.1, 0.15) is 17.5 Å². The van der Waals surface area contributed by atoms with E-state index in [4.69, 9.17) is 16.3 Å². The van der Waals surface area contributed by atoms with Crippen LogP contribution in [0.15, 0.2) is 58.1 Å². The third-order valence-corrected chi connectivity index (χ3v) is 7.43. The minimum Gasteiger partial charge on any atom is -0.481 e. The zero-order chi connectivity index (χ0) is 24.0. The summed E-state index contributed by atoms with van der Waals surface area (Å²) in [5, 5.41) is 8.22. The number of ether oxygens (including phenoxy) is 1. The minimum atomic E-state index is -0.317. The third-order valence-electron chi connectivity index (χ3n) is 6.56. The molecule has 5 rings (SSSR count). The summed E-state index contributed by atoms with van der Waals surface area (Å²) in [6, 6.07) is 10.7. The lowest BCUT2D eigenvalue weighted by molar-refractivity contribution is -0.140. The number of allylic oxidation sites excluding steroid dienone is 2. The molecule has 2 aromatic carbocycles. The number of hydrogen-bond acceptors (Lipinski definition) is 5. The van der Waals surface area contributed by atoms with E-state index in [1.54, 1.807) is 12.1 Å². The Hall–Kier alpha value is -2.97. The summed E-state index contributed by atoms with van der Waals surface area (Å²) in [5.74, 6) is -0.814. The summed E-state index contributed by atoms with van der Waals surface area (Å²) in [6.07, 6.45) is 6.39. The number of nitrogens with zero attached hydrogens (tertiary/aromatic N) is 2. The van der Waals surface area contributed by atoms with Crippen molar-refractivity contribution in [3.63, 3.8) is 0 Å². The van der Waals surface area contributed by atoms with Gasteiger partial charge in [0.05, 0.1) is 27.5 Å². The average Bonchev–Trinajstić information content (AvgIpc) is 3.47. The highest BCUT2D eigenvalue weighted by Gasteiger charge is 2.59. The van der Waals surface area contributed by atoms with E-state index in [2.05, 4.69) is 26.3 Å². The van der Waals surface area contributed by atoms with Gasteiger partial charge in [-0.15, -0.1) is 0 Å². The quantitative estimate of drug-likeness (QED) is 0.329. The molecule has 3 aliphatic rings. The number of benzene rings is 2. The topological polar surface area (TPSA) is 88.1 Å². The number of hydrogen-bond donors (Lipinski definition) is 1. The molecule has 4 atom stereocenters. The molecule has 2 bridgehead atoms. The molecule has 0 aromatic heterocycles. The first kappa shape index (κ1) is 22.8. The van der Waals surface area contributed by atoms with Crippen LogP contribution >= 0.6 is 27.5 Å². The summed E-state index contributed by atoms with van der Waals surface area (Å²) in [5.41, 5.74) is 2.24. The number of carbonyl (C=O) groups is 3. The number of amides is 3. The maximum absolute atomic E-state index is 12.8. The second-order valence-corrected chi connectivity index (χ2v) is 9.96. The monoisotopic (exact) mass is 541 g/mol. The first-order valence-electron chi connectivity index (χ1n) is 10.9. The molecule has 2 fully saturated rings. The fraction of sp³-hybridized carbons (Fsp3) is 0.280. The number of fused-ring (bicyclic) bond motifs is 5. The molecule has 1 N–H and O–H groups in total. The lowest BCUT2D eigenvalue weighted by Crippen LogP contribution is -2.28. The largest absolute Gasteiger partial charge is 0.481 e. The highest BCUT2D eigenvalue weighted by atomic mass is 79.9. The number of carbonyl (C=O) groups excluding carboxylic acids is 3. The summed E-state index contributed by atoms with van der Waals surface area (Å²) in [4.78, 5) is 37.8. The zero-order valence-corrected chi connectivity index (χ0v) is 20.5. The van der Waals surface area contributed by atoms with E-state index in [9.17, 15) is 14.4 Å². The van der Waals surface area contributed by atoms with Crippen molar-refractivity contribution in [2.75, 3.05) is 11.9 Å². The number of nitrogens with one attached hydrogen (secondary N) is 1. The summed E-state index contributed by atoms with van der Waals surface area (Å²) < 4.78 is 6.15. The van der Waals surface area contributed by atoms with Gasteiger partial charge >= 0.3 is 0 Å². The molecule has 2 aliphatic carbocycles. The number of halogens is 2. The maximum atomic E-state index is 12.8. The van der Waals surface area contributed by atoms with E-state index < -0.39 is 0 Å². The Morgan fingerprint density at radius 1 is 1.21 bits per heavy atom. The Morgan fingerprint density at radius 3 is 2.53 bits per heavy atom. The van der Waals surface area contributed by atoms with Gasteiger partial charge < -0.3 is 10.1 Å². The molecular formula is C25H21BrClN3O4. The van der Waals surface area contributed by atoms with Gasteiger partial charge in [-0.3, -0.25) is 14.4 Å². The number of aryl methyl sites for hydroxylation is 1. The fourth-order valence-electron chi connectivity index (χ4n) is 4.95. The highest BCUT2D eigenvalue weighted by Crippen LogP contribution is 2.52. The maximum Gasteiger partial charge on any atom is 0.262 e. The van der Waals surface area contributed by atoms with Crippen LogP contribution < -0.4 is 10.1 Å². The first-order chi connectivity index (χ1) is 16.3. The van der Waals surface area contributed by atoms with Crippen LogP contribution in [0.25, 0.3) is 0 Å². The van der Waals surface area contributed by atoms with E-state index >= 15 is 0 Å². The van der Waals surface area contributed by atoms with Gasteiger partial charge in [-0.2, -0.15) is 10.1 Å². The van der Waals surface area contributed by atoms with Crippen LogP contribution in [0.3, 0.4) is 0 Å². The van der Waals surface area contributed by atoms with Crippen molar-refractivity contribution >= 4 is 57.2 Å². The van der Waals surface area contributed by atoms with Crippen molar-refractivity contribution in [2.24, 2.45) is 28.8 Å². The minimum absolute atomic E-state index is 0.134. The van der Waals surface area contributed by atoms with Crippen molar-refractivity contribution in [1.82, 2.24) is 5.01 Å². The number of rotatable bonds is 6. The van der Waals surface area contributed by atoms with Crippen molar-refractivity contribution in [3.8, 4) is 5.75 Å². The third kappa shape index (κ3) is 4.05. The van der Waals surface area contributed by atoms with Crippen molar-refractivity contribution in [1.29, 1.82) is 0 Å². The molecule has 0 radical (unpaired) electrons. The molecule has 9 heteroatoms. The molecule has 7 nitrogen and oxygen atoms in total. The Bertz CT molecular complexity index is 1210. The average molecular weight is 543 g/mol. The van der Waals surface area contributed by atoms with Gasteiger partial charge in [-0.05, 0) is 70.4 Å². The molecule has 174 valence electrons. The van der Waals surface area contributed by atoms with Gasteiger partial charge in [0, 0.05) is 5.69 Å². The van der Waals surface area contributed by atoms with E-state index in [0.717, 1.165) is 17.0 Å². The number of hydrazone groups is 1. The van der Waals surface area contributed by atoms with Gasteiger partial charge in [-0.25, -0.2) is 0 Å².